The lowest BCUT2D eigenvalue weighted by Gasteiger charge is -2.29. The number of nitrogens with zero attached hydrogens (tertiary/aromatic N) is 1. The summed E-state index contributed by atoms with van der Waals surface area (Å²) >= 11 is 8.70. The number of carbonyl (C=O) groups is 2. The highest BCUT2D eigenvalue weighted by Crippen LogP contribution is 2.29. The van der Waals surface area contributed by atoms with Crippen molar-refractivity contribution in [3.05, 3.63) is 99.3 Å². The molecule has 0 radical (unpaired) electrons. The lowest BCUT2D eigenvalue weighted by molar-refractivity contribution is -0.122. The van der Waals surface area contributed by atoms with Crippen LogP contribution < -0.4 is 15.0 Å². The summed E-state index contributed by atoms with van der Waals surface area (Å²) in [6, 6.07) is 18.7. The highest BCUT2D eigenvalue weighted by atomic mass is 79.9. The molecule has 0 spiro atoms. The molecule has 172 valence electrons. The van der Waals surface area contributed by atoms with Crippen LogP contribution >= 0.6 is 28.1 Å². The van der Waals surface area contributed by atoms with Gasteiger partial charge >= 0.3 is 0 Å². The van der Waals surface area contributed by atoms with E-state index in [9.17, 15) is 14.0 Å². The highest BCUT2D eigenvalue weighted by Gasteiger charge is 2.34. The molecule has 5 nitrogen and oxygen atoms in total. The van der Waals surface area contributed by atoms with Gasteiger partial charge in [0.1, 0.15) is 23.7 Å². The molecule has 0 saturated carbocycles. The van der Waals surface area contributed by atoms with Crippen LogP contribution in [0, 0.1) is 5.82 Å². The Morgan fingerprint density at radius 1 is 1.03 bits per heavy atom. The van der Waals surface area contributed by atoms with Crippen molar-refractivity contribution in [1.29, 1.82) is 0 Å². The van der Waals surface area contributed by atoms with Gasteiger partial charge in [-0.25, -0.2) is 4.39 Å². The van der Waals surface area contributed by atoms with Gasteiger partial charge in [0.15, 0.2) is 5.11 Å². The summed E-state index contributed by atoms with van der Waals surface area (Å²) in [6.45, 7) is 2.23. The molecule has 0 bridgehead atoms. The number of hydrogen-bond donors (Lipinski definition) is 1. The number of rotatable bonds is 6. The molecule has 8 heteroatoms. The Morgan fingerprint density at radius 2 is 1.71 bits per heavy atom. The molecule has 2 amide bonds. The van der Waals surface area contributed by atoms with Crippen LogP contribution in [0.25, 0.3) is 6.08 Å². The fourth-order valence-corrected chi connectivity index (χ4v) is 4.09. The summed E-state index contributed by atoms with van der Waals surface area (Å²) in [4.78, 5) is 27.3. The quantitative estimate of drug-likeness (QED) is 0.253. The maximum absolute atomic E-state index is 13.3. The lowest BCUT2D eigenvalue weighted by Crippen LogP contribution is -2.54. The van der Waals surface area contributed by atoms with Crippen LogP contribution in [-0.4, -0.2) is 16.9 Å². The van der Waals surface area contributed by atoms with Gasteiger partial charge in [-0.3, -0.25) is 19.8 Å². The molecule has 4 rings (SSSR count). The van der Waals surface area contributed by atoms with Gasteiger partial charge in [-0.2, -0.15) is 0 Å². The second kappa shape index (κ2) is 10.3. The molecule has 34 heavy (non-hydrogen) atoms. The van der Waals surface area contributed by atoms with Gasteiger partial charge in [0.25, 0.3) is 11.8 Å². The Bertz CT molecular complexity index is 1290. The smallest absolute Gasteiger partial charge is 0.270 e. The molecule has 3 aromatic rings. The first-order valence-electron chi connectivity index (χ1n) is 10.5. The number of hydrogen-bond acceptors (Lipinski definition) is 4. The Hall–Kier alpha value is -3.36. The maximum Gasteiger partial charge on any atom is 0.270 e. The summed E-state index contributed by atoms with van der Waals surface area (Å²) in [5.41, 5.74) is 2.93. The van der Waals surface area contributed by atoms with Crippen molar-refractivity contribution in [2.75, 3.05) is 4.90 Å². The van der Waals surface area contributed by atoms with Crippen molar-refractivity contribution < 1.29 is 18.7 Å². The number of benzene rings is 3. The normalized spacial score (nSPS) is 15.0. The van der Waals surface area contributed by atoms with Crippen molar-refractivity contribution in [3.8, 4) is 5.75 Å². The Labute approximate surface area is 210 Å². The lowest BCUT2D eigenvalue weighted by atomic mass is 10.1. The van der Waals surface area contributed by atoms with Gasteiger partial charge in [-0.15, -0.1) is 0 Å². The third-order valence-electron chi connectivity index (χ3n) is 5.28. The second-order valence-electron chi connectivity index (χ2n) is 7.58. The molecule has 1 saturated heterocycles. The molecular formula is C26H20BrFN2O3S. The van der Waals surface area contributed by atoms with Crippen molar-refractivity contribution in [2.24, 2.45) is 0 Å². The second-order valence-corrected chi connectivity index (χ2v) is 8.88. The number of nitrogens with one attached hydrogen (secondary N) is 1. The SMILES string of the molecule is CCc1ccc(N2C(=O)/C(=C/c3cc(Br)ccc3OCc3ccc(F)cc3)C(=O)NC2=S)cc1. The zero-order valence-electron chi connectivity index (χ0n) is 18.2. The first-order valence-corrected chi connectivity index (χ1v) is 11.7. The monoisotopic (exact) mass is 538 g/mol. The minimum atomic E-state index is -0.583. The van der Waals surface area contributed by atoms with Gasteiger partial charge in [0.2, 0.25) is 0 Å². The van der Waals surface area contributed by atoms with E-state index in [2.05, 4.69) is 21.2 Å². The number of amides is 2. The summed E-state index contributed by atoms with van der Waals surface area (Å²) < 4.78 is 19.8. The number of thiocarbonyl (C=S) groups is 1. The van der Waals surface area contributed by atoms with Gasteiger partial charge < -0.3 is 4.74 Å². The first-order chi connectivity index (χ1) is 16.4. The highest BCUT2D eigenvalue weighted by molar-refractivity contribution is 9.10. The van der Waals surface area contributed by atoms with Crippen LogP contribution in [0.5, 0.6) is 5.75 Å². The summed E-state index contributed by atoms with van der Waals surface area (Å²) in [5.74, 6) is -0.970. The molecule has 1 N–H and O–H groups in total. The third-order valence-corrected chi connectivity index (χ3v) is 6.06. The zero-order valence-corrected chi connectivity index (χ0v) is 20.6. The summed E-state index contributed by atoms with van der Waals surface area (Å²) in [5, 5.41) is 2.62. The molecule has 0 aliphatic carbocycles. The molecule has 1 heterocycles. The number of halogens is 2. The van der Waals surface area contributed by atoms with E-state index in [1.54, 1.807) is 42.5 Å². The molecule has 1 aliphatic heterocycles. The van der Waals surface area contributed by atoms with E-state index in [4.69, 9.17) is 17.0 Å². The van der Waals surface area contributed by atoms with E-state index < -0.39 is 11.8 Å². The van der Waals surface area contributed by atoms with Crippen LogP contribution in [0.2, 0.25) is 0 Å². The standard InChI is InChI=1S/C26H20BrFN2O3S/c1-2-16-5-10-21(11-6-16)30-25(32)22(24(31)29-26(30)34)14-18-13-19(27)7-12-23(18)33-15-17-3-8-20(28)9-4-17/h3-14H,2,15H2,1H3,(H,29,31,34)/b22-14+. The number of carbonyl (C=O) groups excluding carboxylic acids is 2. The first kappa shape index (κ1) is 23.8. The molecule has 0 atom stereocenters. The van der Waals surface area contributed by atoms with E-state index in [1.807, 2.05) is 19.1 Å². The molecule has 1 aliphatic rings. The molecule has 3 aromatic carbocycles. The fraction of sp³-hybridized carbons (Fsp3) is 0.115. The van der Waals surface area contributed by atoms with Crippen LogP contribution in [0.1, 0.15) is 23.6 Å². The van der Waals surface area contributed by atoms with Crippen molar-refractivity contribution in [2.45, 2.75) is 20.0 Å². The number of anilines is 1. The largest absolute Gasteiger partial charge is 0.488 e. The van der Waals surface area contributed by atoms with Crippen molar-refractivity contribution in [1.82, 2.24) is 5.32 Å². The Balaban J connectivity index is 1.65. The Morgan fingerprint density at radius 3 is 2.38 bits per heavy atom. The average molecular weight is 539 g/mol. The van der Waals surface area contributed by atoms with Gasteiger partial charge in [-0.05, 0) is 78.3 Å². The van der Waals surface area contributed by atoms with E-state index in [1.165, 1.54) is 23.1 Å². The Kier molecular flexibility index (Phi) is 7.19. The van der Waals surface area contributed by atoms with Crippen molar-refractivity contribution >= 4 is 56.8 Å². The molecule has 0 aromatic heterocycles. The van der Waals surface area contributed by atoms with Crippen LogP contribution in [-0.2, 0) is 22.6 Å². The van der Waals surface area contributed by atoms with E-state index >= 15 is 0 Å². The van der Waals surface area contributed by atoms with Crippen LogP contribution in [0.3, 0.4) is 0 Å². The molecule has 0 unspecified atom stereocenters. The van der Waals surface area contributed by atoms with E-state index in [-0.39, 0.29) is 23.1 Å². The van der Waals surface area contributed by atoms with Crippen LogP contribution in [0.15, 0.2) is 76.8 Å². The predicted molar refractivity (Wildman–Crippen MR) is 137 cm³/mol. The van der Waals surface area contributed by atoms with E-state index in [0.717, 1.165) is 22.0 Å². The third kappa shape index (κ3) is 5.24. The van der Waals surface area contributed by atoms with Gasteiger partial charge in [-0.1, -0.05) is 47.1 Å². The topological polar surface area (TPSA) is 58.6 Å². The molecule has 1 fully saturated rings. The fourth-order valence-electron chi connectivity index (χ4n) is 3.43. The van der Waals surface area contributed by atoms with E-state index in [0.29, 0.717) is 17.0 Å². The van der Waals surface area contributed by atoms with Gasteiger partial charge in [0, 0.05) is 10.0 Å². The van der Waals surface area contributed by atoms with Crippen molar-refractivity contribution in [3.63, 3.8) is 0 Å². The van der Waals surface area contributed by atoms with Gasteiger partial charge in [0.05, 0.1) is 5.69 Å². The molecular weight excluding hydrogens is 519 g/mol. The summed E-state index contributed by atoms with van der Waals surface area (Å²) in [6.07, 6.45) is 2.35. The number of aryl methyl sites for hydroxylation is 1. The minimum absolute atomic E-state index is 0.0263. The average Bonchev–Trinajstić information content (AvgIpc) is 2.82. The zero-order chi connectivity index (χ0) is 24.2. The summed E-state index contributed by atoms with van der Waals surface area (Å²) in [7, 11) is 0. The predicted octanol–water partition coefficient (Wildman–Crippen LogP) is 5.56. The van der Waals surface area contributed by atoms with Crippen LogP contribution in [0.4, 0.5) is 10.1 Å². The maximum atomic E-state index is 13.3. The number of ether oxygens (including phenoxy) is 1. The minimum Gasteiger partial charge on any atom is -0.488 e.